The van der Waals surface area contributed by atoms with Gasteiger partial charge in [0, 0.05) is 12.6 Å². The third-order valence-corrected chi connectivity index (χ3v) is 5.76. The molecule has 4 rings (SSSR count). The van der Waals surface area contributed by atoms with E-state index in [-0.39, 0.29) is 23.7 Å². The van der Waals surface area contributed by atoms with Gasteiger partial charge < -0.3 is 26.4 Å². The largest absolute Gasteiger partial charge is 0.444 e. The van der Waals surface area contributed by atoms with E-state index in [0.29, 0.717) is 23.5 Å². The number of aromatic nitrogens is 5. The molecule has 12 nitrogen and oxygen atoms in total. The molecule has 2 amide bonds. The number of benzene rings is 1. The molecule has 3 heterocycles. The quantitative estimate of drug-likeness (QED) is 0.225. The van der Waals surface area contributed by atoms with Gasteiger partial charge >= 0.3 is 6.09 Å². The first-order valence-corrected chi connectivity index (χ1v) is 12.9. The molecule has 0 saturated heterocycles. The van der Waals surface area contributed by atoms with Gasteiger partial charge in [0.15, 0.2) is 11.6 Å². The summed E-state index contributed by atoms with van der Waals surface area (Å²) in [5.74, 6) is -1.78. The van der Waals surface area contributed by atoms with E-state index in [1.807, 2.05) is 30.3 Å². The van der Waals surface area contributed by atoms with Crippen molar-refractivity contribution < 1.29 is 18.7 Å². The Bertz CT molecular complexity index is 1510. The van der Waals surface area contributed by atoms with Gasteiger partial charge in [-0.25, -0.2) is 14.2 Å². The summed E-state index contributed by atoms with van der Waals surface area (Å²) in [6.45, 7) is 7.19. The topological polar surface area (TPSA) is 162 Å². The molecule has 13 heteroatoms. The van der Waals surface area contributed by atoms with E-state index in [2.05, 4.69) is 36.1 Å². The van der Waals surface area contributed by atoms with Gasteiger partial charge in [-0.2, -0.15) is 10.2 Å². The van der Waals surface area contributed by atoms with Gasteiger partial charge in [-0.05, 0) is 51.8 Å². The third kappa shape index (κ3) is 7.97. The van der Waals surface area contributed by atoms with Crippen molar-refractivity contribution in [3.05, 3.63) is 83.7 Å². The van der Waals surface area contributed by atoms with Crippen molar-refractivity contribution in [1.29, 1.82) is 0 Å². The van der Waals surface area contributed by atoms with Crippen LogP contribution in [0.15, 0.2) is 61.1 Å². The lowest BCUT2D eigenvalue weighted by molar-refractivity contribution is 0.0525. The number of halogens is 1. The maximum Gasteiger partial charge on any atom is 0.407 e. The number of anilines is 3. The molecule has 0 fully saturated rings. The van der Waals surface area contributed by atoms with Crippen LogP contribution < -0.4 is 21.7 Å². The average Bonchev–Trinajstić information content (AvgIpc) is 3.44. The van der Waals surface area contributed by atoms with Crippen LogP contribution in [0.3, 0.4) is 0 Å². The van der Waals surface area contributed by atoms with E-state index in [1.165, 1.54) is 23.4 Å². The van der Waals surface area contributed by atoms with E-state index in [0.717, 1.165) is 11.6 Å². The minimum atomic E-state index is -0.869. The van der Waals surface area contributed by atoms with Crippen molar-refractivity contribution in [1.82, 2.24) is 30.3 Å². The molecule has 214 valence electrons. The second-order valence-electron chi connectivity index (χ2n) is 10.3. The Morgan fingerprint density at radius 2 is 1.80 bits per heavy atom. The summed E-state index contributed by atoms with van der Waals surface area (Å²) in [4.78, 5) is 34.6. The first-order valence-electron chi connectivity index (χ1n) is 12.9. The van der Waals surface area contributed by atoms with Crippen LogP contribution in [-0.2, 0) is 11.2 Å². The minimum absolute atomic E-state index is 0.0185. The van der Waals surface area contributed by atoms with Crippen molar-refractivity contribution in [2.24, 2.45) is 5.73 Å². The molecule has 1 atom stereocenters. The summed E-state index contributed by atoms with van der Waals surface area (Å²) < 4.78 is 20.6. The van der Waals surface area contributed by atoms with Gasteiger partial charge in [0.05, 0.1) is 35.5 Å². The Hall–Kier alpha value is -5.07. The number of nitrogens with one attached hydrogen (secondary N) is 3. The van der Waals surface area contributed by atoms with Gasteiger partial charge in [-0.1, -0.05) is 30.3 Å². The number of pyridine rings is 2. The van der Waals surface area contributed by atoms with Crippen LogP contribution in [0.25, 0.3) is 5.69 Å². The van der Waals surface area contributed by atoms with E-state index < -0.39 is 29.5 Å². The van der Waals surface area contributed by atoms with Crippen LogP contribution in [0.2, 0.25) is 0 Å². The molecule has 1 aromatic carbocycles. The lowest BCUT2D eigenvalue weighted by Crippen LogP contribution is -2.40. The molecule has 41 heavy (non-hydrogen) atoms. The Labute approximate surface area is 236 Å². The van der Waals surface area contributed by atoms with Gasteiger partial charge in [0.25, 0.3) is 5.91 Å². The van der Waals surface area contributed by atoms with Crippen LogP contribution in [0.1, 0.15) is 42.4 Å². The molecule has 5 N–H and O–H groups in total. The highest BCUT2D eigenvalue weighted by molar-refractivity contribution is 5.98. The Balaban J connectivity index is 1.62. The van der Waals surface area contributed by atoms with E-state index >= 15 is 4.39 Å². The van der Waals surface area contributed by atoms with Gasteiger partial charge in [0.1, 0.15) is 17.1 Å². The monoisotopic (exact) mass is 561 g/mol. The van der Waals surface area contributed by atoms with Crippen LogP contribution >= 0.6 is 0 Å². The number of hydrogen-bond acceptors (Lipinski definition) is 9. The summed E-state index contributed by atoms with van der Waals surface area (Å²) in [5.41, 5.74) is 7.37. The molecule has 0 bridgehead atoms. The van der Waals surface area contributed by atoms with Crippen LogP contribution in [-0.4, -0.2) is 55.1 Å². The summed E-state index contributed by atoms with van der Waals surface area (Å²) in [5, 5.41) is 17.1. The fraction of sp³-hybridized carbons (Fsp3) is 0.286. The summed E-state index contributed by atoms with van der Waals surface area (Å²) in [6.07, 6.45) is 4.43. The van der Waals surface area contributed by atoms with Crippen molar-refractivity contribution in [2.75, 3.05) is 17.2 Å². The number of nitrogens with two attached hydrogens (primary N) is 1. The molecular weight excluding hydrogens is 529 g/mol. The highest BCUT2D eigenvalue weighted by Gasteiger charge is 2.21. The number of amides is 2. The second-order valence-corrected chi connectivity index (χ2v) is 10.3. The number of hydrogen-bond donors (Lipinski definition) is 4. The maximum absolute atomic E-state index is 15.2. The zero-order valence-electron chi connectivity index (χ0n) is 23.2. The van der Waals surface area contributed by atoms with Crippen molar-refractivity contribution in [2.45, 2.75) is 45.8 Å². The molecule has 0 unspecified atom stereocenters. The Morgan fingerprint density at radius 3 is 2.46 bits per heavy atom. The molecule has 3 aromatic heterocycles. The third-order valence-electron chi connectivity index (χ3n) is 5.76. The van der Waals surface area contributed by atoms with Gasteiger partial charge in [-0.15, -0.1) is 4.80 Å². The molecule has 0 aliphatic heterocycles. The predicted molar refractivity (Wildman–Crippen MR) is 152 cm³/mol. The molecule has 0 aliphatic rings. The lowest BCUT2D eigenvalue weighted by atomic mass is 10.1. The van der Waals surface area contributed by atoms with Crippen LogP contribution in [0.4, 0.5) is 26.5 Å². The molecule has 0 saturated carbocycles. The SMILES string of the molecule is Cc1ncc(Nc2nc(N[C@@H](CNC(=O)OC(C)(C)C)Cc3ccccc3)c(F)cc2C(N)=O)cc1-n1nccn1. The first kappa shape index (κ1) is 28.9. The average molecular weight is 562 g/mol. The van der Waals surface area contributed by atoms with E-state index in [4.69, 9.17) is 10.5 Å². The molecule has 0 radical (unpaired) electrons. The number of aryl methyl sites for hydroxylation is 1. The standard InChI is InChI=1S/C28H32FN9O3/c1-17-23(38-33-10-11-34-38)13-20(15-31-17)35-25-21(24(30)39)14-22(29)26(37-25)36-19(12-18-8-6-5-7-9-18)16-32-27(40)41-28(2,3)4/h5-11,13-15,19H,12,16H2,1-4H3,(H2,30,39)(H,32,40)(H2,35,36,37)/t19-/m1/s1. The summed E-state index contributed by atoms with van der Waals surface area (Å²) in [6, 6.07) is 11.7. The van der Waals surface area contributed by atoms with Crippen molar-refractivity contribution in [3.8, 4) is 5.69 Å². The highest BCUT2D eigenvalue weighted by Crippen LogP contribution is 2.26. The lowest BCUT2D eigenvalue weighted by Gasteiger charge is -2.24. The predicted octanol–water partition coefficient (Wildman–Crippen LogP) is 3.90. The fourth-order valence-corrected chi connectivity index (χ4v) is 3.93. The number of alkyl carbamates (subject to hydrolysis) is 1. The number of nitrogens with zero attached hydrogens (tertiary/aromatic N) is 5. The second kappa shape index (κ2) is 12.4. The Morgan fingerprint density at radius 1 is 1.10 bits per heavy atom. The van der Waals surface area contributed by atoms with E-state index in [9.17, 15) is 9.59 Å². The molecular formula is C28H32FN9O3. The summed E-state index contributed by atoms with van der Waals surface area (Å²) in [7, 11) is 0. The van der Waals surface area contributed by atoms with Gasteiger partial charge in [-0.3, -0.25) is 9.78 Å². The normalized spacial score (nSPS) is 11.9. The minimum Gasteiger partial charge on any atom is -0.444 e. The van der Waals surface area contributed by atoms with Crippen LogP contribution in [0, 0.1) is 12.7 Å². The summed E-state index contributed by atoms with van der Waals surface area (Å²) >= 11 is 0. The fourth-order valence-electron chi connectivity index (χ4n) is 3.93. The zero-order valence-corrected chi connectivity index (χ0v) is 23.2. The van der Waals surface area contributed by atoms with E-state index in [1.54, 1.807) is 33.8 Å². The number of carbonyl (C=O) groups excluding carboxylic acids is 2. The number of rotatable bonds is 10. The number of ether oxygens (including phenoxy) is 1. The van der Waals surface area contributed by atoms with Gasteiger partial charge in [0.2, 0.25) is 0 Å². The van der Waals surface area contributed by atoms with Crippen molar-refractivity contribution in [3.63, 3.8) is 0 Å². The molecule has 4 aromatic rings. The maximum atomic E-state index is 15.2. The first-order chi connectivity index (χ1) is 19.5. The Kier molecular flexibility index (Phi) is 8.75. The number of primary amides is 1. The highest BCUT2D eigenvalue weighted by atomic mass is 19.1. The smallest absolute Gasteiger partial charge is 0.407 e. The molecule has 0 spiro atoms. The molecule has 0 aliphatic carbocycles. The van der Waals surface area contributed by atoms with Crippen molar-refractivity contribution >= 4 is 29.3 Å². The zero-order chi connectivity index (χ0) is 29.6. The van der Waals surface area contributed by atoms with Crippen LogP contribution in [0.5, 0.6) is 0 Å². The number of carbonyl (C=O) groups is 2.